The second-order valence-electron chi connectivity index (χ2n) is 6.35. The van der Waals surface area contributed by atoms with Crippen molar-refractivity contribution in [3.63, 3.8) is 0 Å². The normalized spacial score (nSPS) is 12.0. The van der Waals surface area contributed by atoms with Crippen molar-refractivity contribution in [2.75, 3.05) is 39.2 Å². The summed E-state index contributed by atoms with van der Waals surface area (Å²) < 4.78 is 10.9. The molecule has 0 aromatic heterocycles. The molecule has 1 aromatic rings. The van der Waals surface area contributed by atoms with Crippen LogP contribution in [0.3, 0.4) is 0 Å². The molecule has 0 heterocycles. The first-order valence-corrected chi connectivity index (χ1v) is 8.97. The van der Waals surface area contributed by atoms with Crippen molar-refractivity contribution in [2.45, 2.75) is 46.7 Å². The molecule has 6 nitrogen and oxygen atoms in total. The summed E-state index contributed by atoms with van der Waals surface area (Å²) in [6.07, 6.45) is 0. The largest absolute Gasteiger partial charge is 0.493 e. The number of methoxy groups -OCH3 is 1. The molecular weight excluding hydrogens is 316 g/mol. The summed E-state index contributed by atoms with van der Waals surface area (Å²) in [6, 6.07) is 6.80. The number of ether oxygens (including phenoxy) is 2. The first-order chi connectivity index (χ1) is 11.9. The van der Waals surface area contributed by atoms with Gasteiger partial charge in [-0.15, -0.1) is 0 Å². The molecule has 0 saturated carbocycles. The Bertz CT molecular complexity index is 536. The zero-order valence-electron chi connectivity index (χ0n) is 16.7. The number of hydrogen-bond acceptors (Lipinski definition) is 4. The number of nitrogens with zero attached hydrogens (tertiary/aromatic N) is 2. The summed E-state index contributed by atoms with van der Waals surface area (Å²) >= 11 is 0. The van der Waals surface area contributed by atoms with Gasteiger partial charge >= 0.3 is 0 Å². The van der Waals surface area contributed by atoms with Crippen LogP contribution in [-0.2, 0) is 0 Å². The van der Waals surface area contributed by atoms with Crippen LogP contribution in [0.15, 0.2) is 23.2 Å². The third-order valence-corrected chi connectivity index (χ3v) is 3.94. The van der Waals surface area contributed by atoms with Crippen molar-refractivity contribution in [3.8, 4) is 11.5 Å². The Balaban J connectivity index is 2.64. The molecule has 1 aromatic carbocycles. The predicted molar refractivity (Wildman–Crippen MR) is 106 cm³/mol. The Labute approximate surface area is 152 Å². The molecule has 142 valence electrons. The third-order valence-electron chi connectivity index (χ3n) is 3.94. The lowest BCUT2D eigenvalue weighted by molar-refractivity contribution is 0.178. The van der Waals surface area contributed by atoms with E-state index in [1.165, 1.54) is 0 Å². The van der Waals surface area contributed by atoms with Crippen molar-refractivity contribution in [3.05, 3.63) is 18.2 Å². The van der Waals surface area contributed by atoms with Gasteiger partial charge in [0.15, 0.2) is 17.5 Å². The van der Waals surface area contributed by atoms with Gasteiger partial charge in [0.1, 0.15) is 0 Å². The molecule has 0 atom stereocenters. The number of guanidine groups is 1. The molecule has 0 spiro atoms. The molecule has 25 heavy (non-hydrogen) atoms. The molecule has 6 heteroatoms. The lowest BCUT2D eigenvalue weighted by Crippen LogP contribution is -2.43. The van der Waals surface area contributed by atoms with Gasteiger partial charge in [-0.2, -0.15) is 0 Å². The fourth-order valence-corrected chi connectivity index (χ4v) is 2.75. The van der Waals surface area contributed by atoms with Crippen LogP contribution in [-0.4, -0.2) is 56.8 Å². The quantitative estimate of drug-likeness (QED) is 0.529. The zero-order valence-corrected chi connectivity index (χ0v) is 16.7. The van der Waals surface area contributed by atoms with E-state index in [1.807, 2.05) is 25.1 Å². The molecule has 0 unspecified atom stereocenters. The van der Waals surface area contributed by atoms with Gasteiger partial charge in [-0.3, -0.25) is 9.89 Å². The van der Waals surface area contributed by atoms with Gasteiger partial charge < -0.3 is 20.1 Å². The van der Waals surface area contributed by atoms with E-state index in [4.69, 9.17) is 9.47 Å². The van der Waals surface area contributed by atoms with Crippen LogP contribution >= 0.6 is 0 Å². The summed E-state index contributed by atoms with van der Waals surface area (Å²) in [4.78, 5) is 6.73. The van der Waals surface area contributed by atoms with Crippen LogP contribution < -0.4 is 20.1 Å². The SMILES string of the molecule is CCOc1ccc(NC(=NC)NCCN(C(C)C)C(C)C)cc1OC. The number of nitrogens with one attached hydrogen (secondary N) is 2. The average Bonchev–Trinajstić information content (AvgIpc) is 2.58. The fourth-order valence-electron chi connectivity index (χ4n) is 2.75. The summed E-state index contributed by atoms with van der Waals surface area (Å²) in [5, 5.41) is 6.65. The minimum absolute atomic E-state index is 0.521. The monoisotopic (exact) mass is 350 g/mol. The van der Waals surface area contributed by atoms with E-state index in [-0.39, 0.29) is 0 Å². The van der Waals surface area contributed by atoms with Crippen molar-refractivity contribution < 1.29 is 9.47 Å². The van der Waals surface area contributed by atoms with E-state index in [1.54, 1.807) is 14.2 Å². The Kier molecular flexibility index (Phi) is 9.13. The minimum atomic E-state index is 0.521. The second-order valence-corrected chi connectivity index (χ2v) is 6.35. The predicted octanol–water partition coefficient (Wildman–Crippen LogP) is 3.20. The van der Waals surface area contributed by atoms with E-state index >= 15 is 0 Å². The molecule has 0 saturated heterocycles. The van der Waals surface area contributed by atoms with Gasteiger partial charge in [0.05, 0.1) is 13.7 Å². The van der Waals surface area contributed by atoms with Crippen LogP contribution in [0.4, 0.5) is 5.69 Å². The minimum Gasteiger partial charge on any atom is -0.493 e. The number of hydrogen-bond donors (Lipinski definition) is 2. The molecule has 2 N–H and O–H groups in total. The standard InChI is InChI=1S/C19H34N4O2/c1-8-25-17-10-9-16(13-18(17)24-7)22-19(20-6)21-11-12-23(14(2)3)15(4)5/h9-10,13-15H,8,11-12H2,1-7H3,(H2,20,21,22). The van der Waals surface area contributed by atoms with E-state index in [2.05, 4.69) is 48.2 Å². The first kappa shape index (κ1) is 21.1. The second kappa shape index (κ2) is 10.8. The van der Waals surface area contributed by atoms with Gasteiger partial charge in [-0.25, -0.2) is 0 Å². The van der Waals surface area contributed by atoms with E-state index < -0.39 is 0 Å². The maximum absolute atomic E-state index is 5.55. The van der Waals surface area contributed by atoms with Crippen molar-refractivity contribution >= 4 is 11.6 Å². The highest BCUT2D eigenvalue weighted by atomic mass is 16.5. The lowest BCUT2D eigenvalue weighted by Gasteiger charge is -2.30. The number of benzene rings is 1. The van der Waals surface area contributed by atoms with Crippen molar-refractivity contribution in [1.82, 2.24) is 10.2 Å². The summed E-state index contributed by atoms with van der Waals surface area (Å²) in [5.41, 5.74) is 0.901. The smallest absolute Gasteiger partial charge is 0.195 e. The van der Waals surface area contributed by atoms with Crippen LogP contribution in [0.5, 0.6) is 11.5 Å². The molecule has 0 bridgehead atoms. The van der Waals surface area contributed by atoms with Gasteiger partial charge in [-0.05, 0) is 46.8 Å². The average molecular weight is 351 g/mol. The Morgan fingerprint density at radius 2 is 1.84 bits per heavy atom. The van der Waals surface area contributed by atoms with E-state index in [9.17, 15) is 0 Å². The van der Waals surface area contributed by atoms with Gasteiger partial charge in [0, 0.05) is 44.0 Å². The Morgan fingerprint density at radius 3 is 2.36 bits per heavy atom. The van der Waals surface area contributed by atoms with Crippen molar-refractivity contribution in [1.29, 1.82) is 0 Å². The van der Waals surface area contributed by atoms with Crippen molar-refractivity contribution in [2.24, 2.45) is 4.99 Å². The summed E-state index contributed by atoms with van der Waals surface area (Å²) in [5.74, 6) is 2.18. The molecule has 0 radical (unpaired) electrons. The maximum atomic E-state index is 5.55. The number of rotatable bonds is 9. The zero-order chi connectivity index (χ0) is 18.8. The van der Waals surface area contributed by atoms with Crippen LogP contribution in [0.2, 0.25) is 0 Å². The van der Waals surface area contributed by atoms with Crippen LogP contribution in [0, 0.1) is 0 Å². The summed E-state index contributed by atoms with van der Waals surface area (Å²) in [6.45, 7) is 13.2. The molecule has 0 aliphatic carbocycles. The number of aliphatic imine (C=N–C) groups is 1. The van der Waals surface area contributed by atoms with Gasteiger partial charge in [0.2, 0.25) is 0 Å². The fraction of sp³-hybridized carbons (Fsp3) is 0.632. The van der Waals surface area contributed by atoms with Gasteiger partial charge in [0.25, 0.3) is 0 Å². The molecule has 1 rings (SSSR count). The molecule has 0 aliphatic heterocycles. The topological polar surface area (TPSA) is 58.1 Å². The highest BCUT2D eigenvalue weighted by molar-refractivity contribution is 5.93. The highest BCUT2D eigenvalue weighted by Gasteiger charge is 2.13. The van der Waals surface area contributed by atoms with E-state index in [0.717, 1.165) is 30.5 Å². The maximum Gasteiger partial charge on any atom is 0.195 e. The third kappa shape index (κ3) is 6.82. The Morgan fingerprint density at radius 1 is 1.16 bits per heavy atom. The molecule has 0 fully saturated rings. The van der Waals surface area contributed by atoms with E-state index in [0.29, 0.717) is 24.4 Å². The molecule has 0 amide bonds. The van der Waals surface area contributed by atoms with Gasteiger partial charge in [-0.1, -0.05) is 0 Å². The first-order valence-electron chi connectivity index (χ1n) is 8.97. The lowest BCUT2D eigenvalue weighted by atomic mass is 10.2. The molecular formula is C19H34N4O2. The summed E-state index contributed by atoms with van der Waals surface area (Å²) in [7, 11) is 3.41. The Hall–Kier alpha value is -1.95. The molecule has 0 aliphatic rings. The highest BCUT2D eigenvalue weighted by Crippen LogP contribution is 2.30. The van der Waals surface area contributed by atoms with Crippen LogP contribution in [0.1, 0.15) is 34.6 Å². The van der Waals surface area contributed by atoms with Crippen LogP contribution in [0.25, 0.3) is 0 Å². The number of anilines is 1.